The summed E-state index contributed by atoms with van der Waals surface area (Å²) in [6.07, 6.45) is -0.802. The average Bonchev–Trinajstić information content (AvgIpc) is 2.93. The minimum Gasteiger partial charge on any atom is -0.484 e. The van der Waals surface area contributed by atoms with E-state index in [1.54, 1.807) is 18.0 Å². The maximum absolute atomic E-state index is 13.3. The molecule has 0 radical (unpaired) electrons. The van der Waals surface area contributed by atoms with E-state index in [1.807, 2.05) is 11.9 Å². The molecular weight excluding hydrogens is 552 g/mol. The van der Waals surface area contributed by atoms with Crippen LogP contribution in [0.2, 0.25) is 0 Å². The Morgan fingerprint density at radius 2 is 1.43 bits per heavy atom. The molecule has 1 N–H and O–H groups in total. The topological polar surface area (TPSA) is 132 Å². The van der Waals surface area contributed by atoms with Crippen LogP contribution < -0.4 is 19.3 Å². The quantitative estimate of drug-likeness (QED) is 0.263. The molecule has 3 aromatic rings. The maximum atomic E-state index is 13.3. The predicted molar refractivity (Wildman–Crippen MR) is 141 cm³/mol. The van der Waals surface area contributed by atoms with E-state index in [0.29, 0.717) is 30.3 Å². The smallest absolute Gasteiger partial charge is 0.297 e. The van der Waals surface area contributed by atoms with Gasteiger partial charge in [0.05, 0.1) is 40.9 Å². The van der Waals surface area contributed by atoms with Gasteiger partial charge in [-0.05, 0) is 36.4 Å². The first-order valence-corrected chi connectivity index (χ1v) is 13.5. The minimum atomic E-state index is -4.08. The summed E-state index contributed by atoms with van der Waals surface area (Å²) in [5.41, 5.74) is 1.08. The zero-order valence-electron chi connectivity index (χ0n) is 21.6. The minimum absolute atomic E-state index is 0.0266. The molecule has 0 fully saturated rings. The Balaban J connectivity index is 0.000000222. The lowest BCUT2D eigenvalue weighted by Gasteiger charge is -2.33. The van der Waals surface area contributed by atoms with Crippen LogP contribution >= 0.6 is 0 Å². The molecule has 11 nitrogen and oxygen atoms in total. The molecular formula is C26H27F2N3O8S. The molecule has 214 valence electrons. The van der Waals surface area contributed by atoms with Gasteiger partial charge in [-0.15, -0.1) is 0 Å². The highest BCUT2D eigenvalue weighted by Gasteiger charge is 2.27. The highest BCUT2D eigenvalue weighted by molar-refractivity contribution is 7.86. The van der Waals surface area contributed by atoms with Crippen LogP contribution in [0.25, 0.3) is 0 Å². The number of rotatable bonds is 6. The molecule has 0 bridgehead atoms. The van der Waals surface area contributed by atoms with E-state index in [4.69, 9.17) is 18.8 Å². The van der Waals surface area contributed by atoms with Gasteiger partial charge in [-0.25, -0.2) is 8.78 Å². The third-order valence-corrected chi connectivity index (χ3v) is 7.45. The summed E-state index contributed by atoms with van der Waals surface area (Å²) in [6, 6.07) is 12.8. The molecule has 0 spiro atoms. The summed E-state index contributed by atoms with van der Waals surface area (Å²) < 4.78 is 66.8. The molecule has 0 saturated carbocycles. The molecule has 0 unspecified atom stereocenters. The van der Waals surface area contributed by atoms with Gasteiger partial charge >= 0.3 is 0 Å². The van der Waals surface area contributed by atoms with Crippen molar-refractivity contribution in [2.75, 3.05) is 50.2 Å². The van der Waals surface area contributed by atoms with Crippen LogP contribution in [-0.4, -0.2) is 71.1 Å². The van der Waals surface area contributed by atoms with Crippen LogP contribution in [-0.2, 0) is 14.3 Å². The van der Waals surface area contributed by atoms with Gasteiger partial charge in [0.1, 0.15) is 41.9 Å². The number of fused-ring (bicyclic) bond motifs is 2. The molecule has 5 rings (SSSR count). The van der Waals surface area contributed by atoms with Gasteiger partial charge < -0.3 is 24.4 Å². The van der Waals surface area contributed by atoms with Crippen molar-refractivity contribution < 1.29 is 40.9 Å². The normalized spacial score (nSPS) is 17.9. The van der Waals surface area contributed by atoms with Crippen molar-refractivity contribution in [3.63, 3.8) is 0 Å². The number of aliphatic hydroxyl groups excluding tert-OH is 1. The SMILES string of the molecule is CN1C[C@@H](CO)Oc2ccc(F)cc21.CN1C[C@@H](COS(=O)(=O)c2ccc([N+](=O)[O-])cc2)Oc2ccc(F)cc21. The van der Waals surface area contributed by atoms with E-state index in [-0.39, 0.29) is 35.7 Å². The zero-order chi connectivity index (χ0) is 29.0. The van der Waals surface area contributed by atoms with Gasteiger partial charge in [-0.3, -0.25) is 14.3 Å². The largest absolute Gasteiger partial charge is 0.484 e. The number of nitrogens with zero attached hydrogens (tertiary/aromatic N) is 3. The monoisotopic (exact) mass is 579 g/mol. The van der Waals surface area contributed by atoms with Gasteiger partial charge in [-0.1, -0.05) is 0 Å². The first kappa shape index (κ1) is 29.0. The first-order valence-electron chi connectivity index (χ1n) is 12.1. The Morgan fingerprint density at radius 3 is 1.93 bits per heavy atom. The Bertz CT molecular complexity index is 1470. The van der Waals surface area contributed by atoms with Crippen molar-refractivity contribution in [1.29, 1.82) is 0 Å². The van der Waals surface area contributed by atoms with Crippen molar-refractivity contribution in [3.8, 4) is 11.5 Å². The van der Waals surface area contributed by atoms with E-state index < -0.39 is 27.0 Å². The highest BCUT2D eigenvalue weighted by Crippen LogP contribution is 2.34. The second-order valence-corrected chi connectivity index (χ2v) is 10.8. The molecule has 2 heterocycles. The summed E-state index contributed by atoms with van der Waals surface area (Å²) in [6.45, 7) is 0.612. The molecule has 2 aliphatic heterocycles. The number of aliphatic hydroxyl groups is 1. The first-order chi connectivity index (χ1) is 19.0. The van der Waals surface area contributed by atoms with Gasteiger partial charge in [0, 0.05) is 38.4 Å². The van der Waals surface area contributed by atoms with Crippen LogP contribution in [0.1, 0.15) is 0 Å². The van der Waals surface area contributed by atoms with Crippen molar-refractivity contribution in [2.45, 2.75) is 17.1 Å². The second-order valence-electron chi connectivity index (χ2n) is 9.14. The summed E-state index contributed by atoms with van der Waals surface area (Å²) in [5, 5.41) is 19.6. The van der Waals surface area contributed by atoms with Crippen LogP contribution in [0.5, 0.6) is 11.5 Å². The van der Waals surface area contributed by atoms with Crippen molar-refractivity contribution in [2.24, 2.45) is 0 Å². The van der Waals surface area contributed by atoms with E-state index in [9.17, 15) is 27.3 Å². The highest BCUT2D eigenvalue weighted by atomic mass is 32.2. The van der Waals surface area contributed by atoms with E-state index in [2.05, 4.69) is 0 Å². The van der Waals surface area contributed by atoms with Crippen molar-refractivity contribution in [3.05, 3.63) is 82.4 Å². The van der Waals surface area contributed by atoms with Crippen LogP contribution in [0.15, 0.2) is 65.6 Å². The number of hydrogen-bond acceptors (Lipinski definition) is 10. The number of non-ortho nitro benzene ring substituents is 1. The van der Waals surface area contributed by atoms with E-state index >= 15 is 0 Å². The van der Waals surface area contributed by atoms with Crippen LogP contribution in [0, 0.1) is 21.7 Å². The molecule has 14 heteroatoms. The number of nitro groups is 1. The second kappa shape index (κ2) is 12.0. The summed E-state index contributed by atoms with van der Waals surface area (Å²) >= 11 is 0. The summed E-state index contributed by atoms with van der Waals surface area (Å²) in [7, 11) is -0.499. The van der Waals surface area contributed by atoms with Gasteiger partial charge in [0.15, 0.2) is 0 Å². The Kier molecular flexibility index (Phi) is 8.71. The average molecular weight is 580 g/mol. The van der Waals surface area contributed by atoms with Crippen molar-refractivity contribution >= 4 is 27.2 Å². The molecule has 3 aromatic carbocycles. The fourth-order valence-corrected chi connectivity index (χ4v) is 5.10. The zero-order valence-corrected chi connectivity index (χ0v) is 22.4. The Morgan fingerprint density at radius 1 is 0.925 bits per heavy atom. The standard InChI is InChI=1S/C16H15FN2O6S.C10H12FNO2/c1-18-9-13(25-16-7-2-11(17)8-15(16)18)10-24-26(22,23)14-5-3-12(4-6-14)19(20)21;1-12-5-8(6-13)14-10-3-2-7(11)4-9(10)12/h2-8,13H,9-10H2,1H3;2-4,8,13H,5-6H2,1H3/t13-;8-/m00/s1. The number of anilines is 2. The number of hydrogen-bond donors (Lipinski definition) is 1. The van der Waals surface area contributed by atoms with Gasteiger partial charge in [0.2, 0.25) is 0 Å². The molecule has 0 aliphatic carbocycles. The number of ether oxygens (including phenoxy) is 2. The molecule has 0 aromatic heterocycles. The van der Waals surface area contributed by atoms with E-state index in [0.717, 1.165) is 30.0 Å². The van der Waals surface area contributed by atoms with Crippen LogP contribution in [0.3, 0.4) is 0 Å². The fourth-order valence-electron chi connectivity index (χ4n) is 4.17. The Hall–Kier alpha value is -4.01. The third kappa shape index (κ3) is 6.76. The molecule has 40 heavy (non-hydrogen) atoms. The lowest BCUT2D eigenvalue weighted by molar-refractivity contribution is -0.384. The predicted octanol–water partition coefficient (Wildman–Crippen LogP) is 3.35. The number of halogens is 2. The Labute approximate surface area is 229 Å². The lowest BCUT2D eigenvalue weighted by Crippen LogP contribution is -2.41. The molecule has 0 saturated heterocycles. The van der Waals surface area contributed by atoms with Crippen molar-refractivity contribution in [1.82, 2.24) is 0 Å². The molecule has 0 amide bonds. The number of benzene rings is 3. The molecule has 2 aliphatic rings. The maximum Gasteiger partial charge on any atom is 0.297 e. The lowest BCUT2D eigenvalue weighted by atomic mass is 10.2. The van der Waals surface area contributed by atoms with E-state index in [1.165, 1.54) is 30.3 Å². The third-order valence-electron chi connectivity index (χ3n) is 6.16. The summed E-state index contributed by atoms with van der Waals surface area (Å²) in [4.78, 5) is 13.4. The van der Waals surface area contributed by atoms with Gasteiger partial charge in [0.25, 0.3) is 15.8 Å². The number of likely N-dealkylation sites (N-methyl/N-ethyl adjacent to an activating group) is 2. The fraction of sp³-hybridized carbons (Fsp3) is 0.308. The summed E-state index contributed by atoms with van der Waals surface area (Å²) in [5.74, 6) is 0.386. The van der Waals surface area contributed by atoms with Gasteiger partial charge in [-0.2, -0.15) is 8.42 Å². The van der Waals surface area contributed by atoms with Crippen LogP contribution in [0.4, 0.5) is 25.8 Å². The number of nitro benzene ring substituents is 1. The molecule has 2 atom stereocenters.